The number of anilines is 1. The zero-order chi connectivity index (χ0) is 18.1. The van der Waals surface area contributed by atoms with Gasteiger partial charge in [0.05, 0.1) is 17.3 Å². The van der Waals surface area contributed by atoms with Crippen LogP contribution in [0.5, 0.6) is 0 Å². The van der Waals surface area contributed by atoms with Gasteiger partial charge in [0.15, 0.2) is 5.78 Å². The molecule has 1 aliphatic carbocycles. The highest BCUT2D eigenvalue weighted by Gasteiger charge is 2.30. The van der Waals surface area contributed by atoms with Crippen molar-refractivity contribution < 1.29 is 9.59 Å². The van der Waals surface area contributed by atoms with E-state index in [0.29, 0.717) is 17.5 Å². The highest BCUT2D eigenvalue weighted by molar-refractivity contribution is 6.10. The van der Waals surface area contributed by atoms with Crippen LogP contribution in [-0.4, -0.2) is 45.8 Å². The van der Waals surface area contributed by atoms with Crippen molar-refractivity contribution in [1.29, 1.82) is 0 Å². The van der Waals surface area contributed by atoms with E-state index < -0.39 is 0 Å². The average Bonchev–Trinajstić information content (AvgIpc) is 3.00. The highest BCUT2D eigenvalue weighted by atomic mass is 16.2. The summed E-state index contributed by atoms with van der Waals surface area (Å²) in [6.07, 6.45) is 9.04. The first-order chi connectivity index (χ1) is 12.6. The van der Waals surface area contributed by atoms with Gasteiger partial charge in [-0.15, -0.1) is 0 Å². The molecule has 4 rings (SSSR count). The normalized spacial score (nSPS) is 17.9. The number of ketones is 1. The lowest BCUT2D eigenvalue weighted by Gasteiger charge is -2.33. The number of H-pyrrole nitrogens is 1. The van der Waals surface area contributed by atoms with E-state index in [2.05, 4.69) is 25.2 Å². The minimum absolute atomic E-state index is 0.0817. The summed E-state index contributed by atoms with van der Waals surface area (Å²) in [6.45, 7) is 3.52. The van der Waals surface area contributed by atoms with Crippen molar-refractivity contribution in [2.45, 2.75) is 45.1 Å². The quantitative estimate of drug-likeness (QED) is 0.881. The number of aromatic nitrogens is 3. The molecule has 1 aliphatic heterocycles. The Morgan fingerprint density at radius 2 is 2.08 bits per heavy atom. The zero-order valence-corrected chi connectivity index (χ0v) is 14.9. The molecule has 136 valence electrons. The average molecular weight is 353 g/mol. The monoisotopic (exact) mass is 353 g/mol. The number of fused-ring (bicyclic) bond motifs is 1. The van der Waals surface area contributed by atoms with Crippen LogP contribution in [0, 0.1) is 6.92 Å². The Morgan fingerprint density at radius 1 is 1.27 bits per heavy atom. The van der Waals surface area contributed by atoms with Crippen LogP contribution in [0.4, 0.5) is 5.82 Å². The SMILES string of the molecule is Cc1[nH]c2c(c1C(=O)NC1CCN(c3cnccn3)CC1)C(=O)CCC2. The number of hydrogen-bond acceptors (Lipinski definition) is 5. The van der Waals surface area contributed by atoms with E-state index in [-0.39, 0.29) is 17.7 Å². The maximum absolute atomic E-state index is 12.8. The van der Waals surface area contributed by atoms with Gasteiger partial charge in [0.2, 0.25) is 0 Å². The highest BCUT2D eigenvalue weighted by Crippen LogP contribution is 2.27. The van der Waals surface area contributed by atoms with Crippen LogP contribution in [-0.2, 0) is 6.42 Å². The topological polar surface area (TPSA) is 91.0 Å². The smallest absolute Gasteiger partial charge is 0.254 e. The molecule has 26 heavy (non-hydrogen) atoms. The molecule has 1 amide bonds. The molecule has 0 atom stereocenters. The summed E-state index contributed by atoms with van der Waals surface area (Å²) in [5.74, 6) is 0.824. The van der Waals surface area contributed by atoms with Gasteiger partial charge in [-0.25, -0.2) is 4.98 Å². The number of aryl methyl sites for hydroxylation is 2. The van der Waals surface area contributed by atoms with Crippen molar-refractivity contribution in [2.24, 2.45) is 0 Å². The number of rotatable bonds is 3. The fourth-order valence-electron chi connectivity index (χ4n) is 3.98. The molecule has 0 aromatic carbocycles. The van der Waals surface area contributed by atoms with Gasteiger partial charge in [-0.1, -0.05) is 0 Å². The van der Waals surface area contributed by atoms with Crippen LogP contribution in [0.2, 0.25) is 0 Å². The van der Waals surface area contributed by atoms with Crippen molar-refractivity contribution in [2.75, 3.05) is 18.0 Å². The summed E-state index contributed by atoms with van der Waals surface area (Å²) < 4.78 is 0. The second-order valence-corrected chi connectivity index (χ2v) is 7.05. The zero-order valence-electron chi connectivity index (χ0n) is 14.9. The summed E-state index contributed by atoms with van der Waals surface area (Å²) in [4.78, 5) is 39.0. The summed E-state index contributed by atoms with van der Waals surface area (Å²) in [5, 5.41) is 3.13. The molecule has 0 saturated carbocycles. The van der Waals surface area contributed by atoms with Gasteiger partial charge < -0.3 is 15.2 Å². The van der Waals surface area contributed by atoms with Crippen molar-refractivity contribution in [1.82, 2.24) is 20.3 Å². The van der Waals surface area contributed by atoms with Crippen molar-refractivity contribution in [3.05, 3.63) is 41.1 Å². The molecule has 7 heteroatoms. The predicted molar refractivity (Wildman–Crippen MR) is 97.5 cm³/mol. The molecule has 0 spiro atoms. The summed E-state index contributed by atoms with van der Waals surface area (Å²) in [7, 11) is 0. The van der Waals surface area contributed by atoms with Gasteiger partial charge in [-0.2, -0.15) is 0 Å². The number of carbonyl (C=O) groups excluding carboxylic acids is 2. The Morgan fingerprint density at radius 3 is 2.81 bits per heavy atom. The minimum Gasteiger partial charge on any atom is -0.361 e. The molecule has 2 N–H and O–H groups in total. The molecular formula is C19H23N5O2. The van der Waals surface area contributed by atoms with Crippen LogP contribution >= 0.6 is 0 Å². The van der Waals surface area contributed by atoms with E-state index in [9.17, 15) is 9.59 Å². The lowest BCUT2D eigenvalue weighted by atomic mass is 9.92. The molecule has 0 radical (unpaired) electrons. The summed E-state index contributed by atoms with van der Waals surface area (Å²) in [6, 6.07) is 0.110. The van der Waals surface area contributed by atoms with Crippen molar-refractivity contribution in [3.63, 3.8) is 0 Å². The van der Waals surface area contributed by atoms with Crippen LogP contribution < -0.4 is 10.2 Å². The maximum atomic E-state index is 12.8. The van der Waals surface area contributed by atoms with E-state index in [1.165, 1.54) is 0 Å². The third kappa shape index (κ3) is 3.09. The Kier molecular flexibility index (Phi) is 4.44. The number of Topliss-reactive ketones (excluding diaryl/α,β-unsaturated/α-hetero) is 1. The molecule has 0 unspecified atom stereocenters. The molecule has 7 nitrogen and oxygen atoms in total. The third-order valence-corrected chi connectivity index (χ3v) is 5.31. The van der Waals surface area contributed by atoms with Gasteiger partial charge in [0, 0.05) is 49.3 Å². The van der Waals surface area contributed by atoms with Gasteiger partial charge in [0.25, 0.3) is 5.91 Å². The van der Waals surface area contributed by atoms with E-state index in [1.54, 1.807) is 18.6 Å². The second kappa shape index (κ2) is 6.90. The fraction of sp³-hybridized carbons (Fsp3) is 0.474. The largest absolute Gasteiger partial charge is 0.361 e. The maximum Gasteiger partial charge on any atom is 0.254 e. The van der Waals surface area contributed by atoms with Gasteiger partial charge in [-0.3, -0.25) is 14.6 Å². The molecule has 2 aromatic rings. The third-order valence-electron chi connectivity index (χ3n) is 5.31. The summed E-state index contributed by atoms with van der Waals surface area (Å²) >= 11 is 0. The van der Waals surface area contributed by atoms with Crippen LogP contribution in [0.1, 0.15) is 57.8 Å². The number of amides is 1. The molecule has 0 bridgehead atoms. The predicted octanol–water partition coefficient (Wildman–Crippen LogP) is 2.03. The van der Waals surface area contributed by atoms with E-state index >= 15 is 0 Å². The lowest BCUT2D eigenvalue weighted by Crippen LogP contribution is -2.45. The first-order valence-corrected chi connectivity index (χ1v) is 9.20. The van der Waals surface area contributed by atoms with Gasteiger partial charge in [0.1, 0.15) is 5.82 Å². The molecular weight excluding hydrogens is 330 g/mol. The van der Waals surface area contributed by atoms with Crippen LogP contribution in [0.25, 0.3) is 0 Å². The van der Waals surface area contributed by atoms with E-state index in [4.69, 9.17) is 0 Å². The molecule has 2 aliphatic rings. The summed E-state index contributed by atoms with van der Waals surface area (Å²) in [5.41, 5.74) is 2.87. The van der Waals surface area contributed by atoms with Crippen molar-refractivity contribution >= 4 is 17.5 Å². The Bertz CT molecular complexity index is 822. The molecule has 3 heterocycles. The Hall–Kier alpha value is -2.70. The fourth-order valence-corrected chi connectivity index (χ4v) is 3.98. The lowest BCUT2D eigenvalue weighted by molar-refractivity contribution is 0.0911. The Balaban J connectivity index is 1.42. The number of piperidine rings is 1. The van der Waals surface area contributed by atoms with Crippen LogP contribution in [0.15, 0.2) is 18.6 Å². The second-order valence-electron chi connectivity index (χ2n) is 7.05. The molecule has 1 fully saturated rings. The first kappa shape index (κ1) is 16.8. The standard InChI is InChI=1S/C19H23N5O2/c1-12-17(18-14(22-12)3-2-4-15(18)25)19(26)23-13-5-9-24(10-6-13)16-11-20-7-8-21-16/h7-8,11,13,22H,2-6,9-10H2,1H3,(H,23,26). The number of aromatic amines is 1. The van der Waals surface area contributed by atoms with E-state index in [1.807, 2.05) is 6.92 Å². The number of nitrogens with one attached hydrogen (secondary N) is 2. The molecule has 1 saturated heterocycles. The minimum atomic E-state index is -0.131. The number of hydrogen-bond donors (Lipinski definition) is 2. The van der Waals surface area contributed by atoms with Gasteiger partial charge >= 0.3 is 0 Å². The first-order valence-electron chi connectivity index (χ1n) is 9.20. The number of nitrogens with zero attached hydrogens (tertiary/aromatic N) is 3. The van der Waals surface area contributed by atoms with Gasteiger partial charge in [-0.05, 0) is 32.6 Å². The number of carbonyl (C=O) groups is 2. The molecule has 2 aromatic heterocycles. The van der Waals surface area contributed by atoms with E-state index in [0.717, 1.165) is 56.0 Å². The van der Waals surface area contributed by atoms with Crippen LogP contribution in [0.3, 0.4) is 0 Å². The Labute approximate surface area is 152 Å². The van der Waals surface area contributed by atoms with Crippen molar-refractivity contribution in [3.8, 4) is 0 Å².